The molecule has 0 aliphatic heterocycles. The van der Waals surface area contributed by atoms with Gasteiger partial charge in [0.1, 0.15) is 0 Å². The van der Waals surface area contributed by atoms with E-state index in [1.165, 1.54) is 20.2 Å². The number of rotatable bonds is 8. The first-order valence-corrected chi connectivity index (χ1v) is 11.3. The number of guanidine groups is 1. The summed E-state index contributed by atoms with van der Waals surface area (Å²) in [5.41, 5.74) is 1.70. The molecule has 0 saturated heterocycles. The molecule has 6 nitrogen and oxygen atoms in total. The lowest BCUT2D eigenvalue weighted by Crippen LogP contribution is -2.39. The molecule has 0 bridgehead atoms. The van der Waals surface area contributed by atoms with Crippen molar-refractivity contribution >= 4 is 5.96 Å². The summed E-state index contributed by atoms with van der Waals surface area (Å²) in [6.45, 7) is 2.36. The van der Waals surface area contributed by atoms with Crippen LogP contribution in [-0.2, 0) is 36.4 Å². The molecule has 0 aliphatic rings. The van der Waals surface area contributed by atoms with E-state index in [1.807, 2.05) is 0 Å². The van der Waals surface area contributed by atoms with Crippen LogP contribution in [0, 0.1) is 5.92 Å². The molecule has 15 heteroatoms. The van der Waals surface area contributed by atoms with Crippen LogP contribution < -0.4 is 11.6 Å². The van der Waals surface area contributed by atoms with Gasteiger partial charge in [-0.15, -0.1) is 5.10 Å². The summed E-state index contributed by atoms with van der Waals surface area (Å²) in [4.78, 5) is 1.02. The Morgan fingerprint density at radius 2 is 1.36 bits per heavy atom. The van der Waals surface area contributed by atoms with Crippen LogP contribution in [0.1, 0.15) is 53.3 Å². The second kappa shape index (κ2) is 11.9. The number of hydrogen-bond donors (Lipinski definition) is 2. The highest BCUT2D eigenvalue weighted by atomic mass is 19.4. The van der Waals surface area contributed by atoms with E-state index in [-0.39, 0.29) is 17.5 Å². The number of hydrazone groups is 1. The maximum atomic E-state index is 13.5. The van der Waals surface area contributed by atoms with E-state index < -0.39 is 65.9 Å². The Hall–Kier alpha value is -3.20. The highest BCUT2D eigenvalue weighted by Crippen LogP contribution is 2.38. The molecule has 0 amide bonds. The predicted molar refractivity (Wildman–Crippen MR) is 125 cm³/mol. The maximum Gasteiger partial charge on any atom is 0.416 e. The van der Waals surface area contributed by atoms with Gasteiger partial charge in [0.15, 0.2) is 0 Å². The third kappa shape index (κ3) is 8.65. The number of halogens is 9. The van der Waals surface area contributed by atoms with Gasteiger partial charge in [0.25, 0.3) is 0 Å². The van der Waals surface area contributed by atoms with Crippen molar-refractivity contribution in [2.45, 2.75) is 51.6 Å². The lowest BCUT2D eigenvalue weighted by atomic mass is 9.92. The molecule has 0 aliphatic carbocycles. The second-order valence-electron chi connectivity index (χ2n) is 9.11. The molecule has 0 radical (unpaired) electrons. The van der Waals surface area contributed by atoms with Crippen LogP contribution in [0.5, 0.6) is 0 Å². The van der Waals surface area contributed by atoms with Gasteiger partial charge >= 0.3 is 18.5 Å². The standard InChI is InChI=1S/C24H28F9N5O/c1-13(2)20(39-4)19-6-5-16(22(25,26)27)9-15(19)12-38(21(34)36-37(3)35)11-14-7-17(23(28,29)30)10-18(8-14)24(31,32)33/h5-10,13,20H,11-12,35H2,1-4H3,(H2,34,36). The van der Waals surface area contributed by atoms with Gasteiger partial charge in [0.2, 0.25) is 5.96 Å². The summed E-state index contributed by atoms with van der Waals surface area (Å²) in [6, 6.07) is 3.85. The van der Waals surface area contributed by atoms with Crippen LogP contribution >= 0.6 is 0 Å². The van der Waals surface area contributed by atoms with Gasteiger partial charge in [0.05, 0.1) is 22.8 Å². The number of benzene rings is 2. The fourth-order valence-corrected chi connectivity index (χ4v) is 3.93. The summed E-state index contributed by atoms with van der Waals surface area (Å²) >= 11 is 0. The number of methoxy groups -OCH3 is 1. The first-order chi connectivity index (χ1) is 17.7. The second-order valence-corrected chi connectivity index (χ2v) is 9.11. The molecule has 1 unspecified atom stereocenters. The molecule has 1 atom stereocenters. The summed E-state index contributed by atoms with van der Waals surface area (Å²) < 4.78 is 126. The summed E-state index contributed by atoms with van der Waals surface area (Å²) in [7, 11) is 2.59. The van der Waals surface area contributed by atoms with Crippen molar-refractivity contribution in [2.75, 3.05) is 14.2 Å². The lowest BCUT2D eigenvalue weighted by Gasteiger charge is -2.29. The van der Waals surface area contributed by atoms with Gasteiger partial charge in [-0.3, -0.25) is 0 Å². The average molecular weight is 574 g/mol. The van der Waals surface area contributed by atoms with Gasteiger partial charge in [0, 0.05) is 27.2 Å². The minimum absolute atomic E-state index is 0.0196. The van der Waals surface area contributed by atoms with Crippen LogP contribution in [0.4, 0.5) is 39.5 Å². The smallest absolute Gasteiger partial charge is 0.376 e. The normalized spacial score (nSPS) is 14.1. The Kier molecular flexibility index (Phi) is 9.77. The topological polar surface area (TPSA) is 80.1 Å². The zero-order chi connectivity index (χ0) is 29.9. The maximum absolute atomic E-state index is 13.5. The SMILES string of the molecule is COC(c1ccc(C(F)(F)F)cc1CN(Cc1cc(C(F)(F)F)cc(C(F)(F)F)c1)/C(N)=N/N(C)N)C(C)C. The van der Waals surface area contributed by atoms with Crippen LogP contribution in [0.2, 0.25) is 0 Å². The van der Waals surface area contributed by atoms with E-state index in [4.69, 9.17) is 16.3 Å². The monoisotopic (exact) mass is 573 g/mol. The van der Waals surface area contributed by atoms with Crippen LogP contribution in [-0.4, -0.2) is 30.1 Å². The number of ether oxygens (including phenoxy) is 1. The molecule has 218 valence electrons. The molecule has 2 rings (SSSR count). The Morgan fingerprint density at radius 1 is 0.846 bits per heavy atom. The van der Waals surface area contributed by atoms with Crippen molar-refractivity contribution in [2.24, 2.45) is 22.6 Å². The molecule has 39 heavy (non-hydrogen) atoms. The Balaban J connectivity index is 2.71. The fourth-order valence-electron chi connectivity index (χ4n) is 3.93. The molecule has 2 aromatic carbocycles. The molecule has 4 N–H and O–H groups in total. The van der Waals surface area contributed by atoms with E-state index in [0.717, 1.165) is 22.2 Å². The van der Waals surface area contributed by atoms with Gasteiger partial charge in [-0.1, -0.05) is 19.9 Å². The molecule has 0 aromatic heterocycles. The number of nitrogens with zero attached hydrogens (tertiary/aromatic N) is 3. The number of nitrogens with two attached hydrogens (primary N) is 2. The Bertz CT molecular complexity index is 1130. The van der Waals surface area contributed by atoms with E-state index in [9.17, 15) is 39.5 Å². The summed E-state index contributed by atoms with van der Waals surface area (Å²) in [5.74, 6) is 4.80. The van der Waals surface area contributed by atoms with Crippen molar-refractivity contribution < 1.29 is 44.3 Å². The zero-order valence-corrected chi connectivity index (χ0v) is 21.3. The van der Waals surface area contributed by atoms with Crippen LogP contribution in [0.3, 0.4) is 0 Å². The Labute approximate surface area is 219 Å². The highest BCUT2D eigenvalue weighted by molar-refractivity contribution is 5.77. The average Bonchev–Trinajstić information content (AvgIpc) is 2.77. The van der Waals surface area contributed by atoms with E-state index in [1.54, 1.807) is 13.8 Å². The lowest BCUT2D eigenvalue weighted by molar-refractivity contribution is -0.143. The van der Waals surface area contributed by atoms with E-state index >= 15 is 0 Å². The van der Waals surface area contributed by atoms with E-state index in [2.05, 4.69) is 5.10 Å². The third-order valence-corrected chi connectivity index (χ3v) is 5.60. The van der Waals surface area contributed by atoms with Gasteiger partial charge < -0.3 is 15.4 Å². The molecule has 0 saturated carbocycles. The minimum Gasteiger partial charge on any atom is -0.376 e. The number of alkyl halides is 9. The molecule has 0 spiro atoms. The number of hydrazine groups is 1. The first-order valence-electron chi connectivity index (χ1n) is 11.3. The Morgan fingerprint density at radius 3 is 1.77 bits per heavy atom. The van der Waals surface area contributed by atoms with Crippen LogP contribution in [0.15, 0.2) is 41.5 Å². The van der Waals surface area contributed by atoms with Crippen molar-refractivity contribution in [3.05, 3.63) is 69.8 Å². The van der Waals surface area contributed by atoms with Crippen LogP contribution in [0.25, 0.3) is 0 Å². The molecule has 0 fully saturated rings. The van der Waals surface area contributed by atoms with Gasteiger partial charge in [-0.2, -0.15) is 39.5 Å². The summed E-state index contributed by atoms with van der Waals surface area (Å²) in [5, 5.41) is 4.48. The van der Waals surface area contributed by atoms with E-state index in [0.29, 0.717) is 17.7 Å². The number of hydrogen-bond acceptors (Lipinski definition) is 4. The predicted octanol–water partition coefficient (Wildman–Crippen LogP) is 6.12. The summed E-state index contributed by atoms with van der Waals surface area (Å²) in [6.07, 6.45) is -15.6. The van der Waals surface area contributed by atoms with Gasteiger partial charge in [-0.25, -0.2) is 11.0 Å². The fraction of sp³-hybridized carbons (Fsp3) is 0.458. The molecule has 0 heterocycles. The molecule has 2 aromatic rings. The van der Waals surface area contributed by atoms with Crippen molar-refractivity contribution in [3.63, 3.8) is 0 Å². The molecular formula is C24H28F9N5O. The zero-order valence-electron chi connectivity index (χ0n) is 21.3. The van der Waals surface area contributed by atoms with Crippen molar-refractivity contribution in [1.29, 1.82) is 0 Å². The first kappa shape index (κ1) is 32.0. The molecular weight excluding hydrogens is 545 g/mol. The van der Waals surface area contributed by atoms with Crippen molar-refractivity contribution in [3.8, 4) is 0 Å². The largest absolute Gasteiger partial charge is 0.416 e. The highest BCUT2D eigenvalue weighted by Gasteiger charge is 2.37. The van der Waals surface area contributed by atoms with Crippen molar-refractivity contribution in [1.82, 2.24) is 10.0 Å². The quantitative estimate of drug-likeness (QED) is 0.131. The minimum atomic E-state index is -5.10. The van der Waals surface area contributed by atoms with Gasteiger partial charge in [-0.05, 0) is 52.9 Å². The third-order valence-electron chi connectivity index (χ3n) is 5.60.